The molecular weight excluding hydrogens is 260 g/mol. The number of aliphatic hydroxyl groups is 1. The van der Waals surface area contributed by atoms with Crippen LogP contribution in [0, 0.1) is 0 Å². The van der Waals surface area contributed by atoms with Crippen LogP contribution in [0.25, 0.3) is 0 Å². The van der Waals surface area contributed by atoms with Gasteiger partial charge in [0.1, 0.15) is 0 Å². The Morgan fingerprint density at radius 2 is 1.76 bits per heavy atom. The first-order valence-electron chi connectivity index (χ1n) is 9.24. The molecule has 2 rings (SSSR count). The van der Waals surface area contributed by atoms with Gasteiger partial charge in [0.15, 0.2) is 0 Å². The molecule has 0 aromatic carbocycles. The normalized spacial score (nSPS) is 32.0. The van der Waals surface area contributed by atoms with Crippen molar-refractivity contribution in [2.24, 2.45) is 0 Å². The number of nitrogens with one attached hydrogen (secondary N) is 1. The molecule has 2 aliphatic carbocycles. The van der Waals surface area contributed by atoms with Gasteiger partial charge in [0.25, 0.3) is 0 Å². The molecule has 2 atom stereocenters. The Balaban J connectivity index is 2.03. The SMILES string of the molecule is CCN(C1CCCCC1)C1CCCC(CO)(NC(C)C)C1. The molecule has 124 valence electrons. The summed E-state index contributed by atoms with van der Waals surface area (Å²) in [6.45, 7) is 8.15. The number of hydrogen-bond acceptors (Lipinski definition) is 3. The standard InChI is InChI=1S/C18H36N2O/c1-4-20(16-9-6-5-7-10-16)17-11-8-12-18(13-17,14-21)19-15(2)3/h15-17,19,21H,4-14H2,1-3H3. The number of aliphatic hydroxyl groups excluding tert-OH is 1. The van der Waals surface area contributed by atoms with E-state index in [0.29, 0.717) is 12.1 Å². The van der Waals surface area contributed by atoms with Gasteiger partial charge < -0.3 is 10.4 Å². The van der Waals surface area contributed by atoms with Crippen LogP contribution in [0.5, 0.6) is 0 Å². The zero-order valence-corrected chi connectivity index (χ0v) is 14.4. The molecule has 21 heavy (non-hydrogen) atoms. The van der Waals surface area contributed by atoms with Gasteiger partial charge in [-0.1, -0.05) is 40.0 Å². The first-order chi connectivity index (χ1) is 10.1. The van der Waals surface area contributed by atoms with Crippen molar-refractivity contribution in [1.29, 1.82) is 0 Å². The molecule has 2 fully saturated rings. The predicted molar refractivity (Wildman–Crippen MR) is 89.6 cm³/mol. The van der Waals surface area contributed by atoms with Crippen LogP contribution in [0.15, 0.2) is 0 Å². The van der Waals surface area contributed by atoms with Gasteiger partial charge >= 0.3 is 0 Å². The third-order valence-electron chi connectivity index (χ3n) is 5.59. The van der Waals surface area contributed by atoms with E-state index in [0.717, 1.165) is 18.9 Å². The minimum absolute atomic E-state index is 0.0425. The summed E-state index contributed by atoms with van der Waals surface area (Å²) in [4.78, 5) is 2.77. The summed E-state index contributed by atoms with van der Waals surface area (Å²) in [5.74, 6) is 0. The summed E-state index contributed by atoms with van der Waals surface area (Å²) in [5.41, 5.74) is -0.0425. The average Bonchev–Trinajstić information content (AvgIpc) is 2.49. The molecule has 0 aliphatic heterocycles. The molecule has 2 saturated carbocycles. The van der Waals surface area contributed by atoms with E-state index in [-0.39, 0.29) is 12.1 Å². The van der Waals surface area contributed by atoms with Gasteiger partial charge in [-0.3, -0.25) is 4.90 Å². The summed E-state index contributed by atoms with van der Waals surface area (Å²) in [7, 11) is 0. The summed E-state index contributed by atoms with van der Waals surface area (Å²) in [6.07, 6.45) is 11.8. The molecule has 2 unspecified atom stereocenters. The summed E-state index contributed by atoms with van der Waals surface area (Å²) >= 11 is 0. The average molecular weight is 296 g/mol. The fourth-order valence-electron chi connectivity index (χ4n) is 4.77. The Bertz CT molecular complexity index is 302. The van der Waals surface area contributed by atoms with Gasteiger partial charge in [-0.15, -0.1) is 0 Å². The fraction of sp³-hybridized carbons (Fsp3) is 1.00. The Hall–Kier alpha value is -0.120. The monoisotopic (exact) mass is 296 g/mol. The minimum atomic E-state index is -0.0425. The first-order valence-corrected chi connectivity index (χ1v) is 9.24. The van der Waals surface area contributed by atoms with Gasteiger partial charge in [-0.25, -0.2) is 0 Å². The topological polar surface area (TPSA) is 35.5 Å². The molecule has 3 nitrogen and oxygen atoms in total. The third kappa shape index (κ3) is 4.43. The molecule has 0 radical (unpaired) electrons. The van der Waals surface area contributed by atoms with Crippen molar-refractivity contribution in [1.82, 2.24) is 10.2 Å². The largest absolute Gasteiger partial charge is 0.394 e. The van der Waals surface area contributed by atoms with Gasteiger partial charge in [0.05, 0.1) is 6.61 Å². The van der Waals surface area contributed by atoms with Crippen LogP contribution in [-0.4, -0.2) is 46.8 Å². The first kappa shape index (κ1) is 17.2. The van der Waals surface area contributed by atoms with Crippen LogP contribution in [0.3, 0.4) is 0 Å². The lowest BCUT2D eigenvalue weighted by molar-refractivity contribution is 0.0282. The van der Waals surface area contributed by atoms with Crippen LogP contribution in [0.4, 0.5) is 0 Å². The van der Waals surface area contributed by atoms with Gasteiger partial charge in [-0.2, -0.15) is 0 Å². The van der Waals surface area contributed by atoms with Crippen LogP contribution >= 0.6 is 0 Å². The van der Waals surface area contributed by atoms with E-state index in [9.17, 15) is 5.11 Å². The summed E-state index contributed by atoms with van der Waals surface area (Å²) in [6, 6.07) is 1.90. The van der Waals surface area contributed by atoms with Crippen molar-refractivity contribution in [2.45, 2.75) is 102 Å². The molecule has 0 bridgehead atoms. The fourth-order valence-corrected chi connectivity index (χ4v) is 4.77. The second-order valence-electron chi connectivity index (χ2n) is 7.61. The number of rotatable bonds is 6. The zero-order valence-electron chi connectivity index (χ0n) is 14.4. The molecule has 2 N–H and O–H groups in total. The highest BCUT2D eigenvalue weighted by molar-refractivity contribution is 4.98. The van der Waals surface area contributed by atoms with Crippen molar-refractivity contribution in [3.8, 4) is 0 Å². The molecule has 2 aliphatic rings. The molecular formula is C18H36N2O. The Labute approximate surface area is 131 Å². The Morgan fingerprint density at radius 3 is 2.33 bits per heavy atom. The van der Waals surface area contributed by atoms with E-state index in [1.165, 1.54) is 51.5 Å². The maximum Gasteiger partial charge on any atom is 0.0613 e. The van der Waals surface area contributed by atoms with Crippen molar-refractivity contribution < 1.29 is 5.11 Å². The smallest absolute Gasteiger partial charge is 0.0613 e. The van der Waals surface area contributed by atoms with E-state index < -0.39 is 0 Å². The lowest BCUT2D eigenvalue weighted by Crippen LogP contribution is -2.58. The van der Waals surface area contributed by atoms with Crippen LogP contribution < -0.4 is 5.32 Å². The highest BCUT2D eigenvalue weighted by Crippen LogP contribution is 2.34. The lowest BCUT2D eigenvalue weighted by atomic mass is 9.77. The van der Waals surface area contributed by atoms with Crippen LogP contribution in [0.1, 0.15) is 78.6 Å². The molecule has 0 aromatic rings. The lowest BCUT2D eigenvalue weighted by Gasteiger charge is -2.48. The summed E-state index contributed by atoms with van der Waals surface area (Å²) < 4.78 is 0. The number of hydrogen-bond donors (Lipinski definition) is 2. The second kappa shape index (κ2) is 7.94. The highest BCUT2D eigenvalue weighted by Gasteiger charge is 2.39. The molecule has 0 spiro atoms. The van der Waals surface area contributed by atoms with E-state index >= 15 is 0 Å². The predicted octanol–water partition coefficient (Wildman–Crippen LogP) is 3.31. The third-order valence-corrected chi connectivity index (χ3v) is 5.59. The number of nitrogens with zero attached hydrogens (tertiary/aromatic N) is 1. The van der Waals surface area contributed by atoms with Gasteiger partial charge in [0, 0.05) is 23.7 Å². The van der Waals surface area contributed by atoms with Gasteiger partial charge in [0.2, 0.25) is 0 Å². The van der Waals surface area contributed by atoms with Crippen LogP contribution in [0.2, 0.25) is 0 Å². The Kier molecular flexibility index (Phi) is 6.51. The van der Waals surface area contributed by atoms with Crippen LogP contribution in [-0.2, 0) is 0 Å². The zero-order chi connectivity index (χ0) is 15.3. The van der Waals surface area contributed by atoms with Crippen molar-refractivity contribution in [2.75, 3.05) is 13.2 Å². The quantitative estimate of drug-likeness (QED) is 0.789. The maximum absolute atomic E-state index is 9.99. The highest BCUT2D eigenvalue weighted by atomic mass is 16.3. The van der Waals surface area contributed by atoms with Crippen molar-refractivity contribution in [3.05, 3.63) is 0 Å². The van der Waals surface area contributed by atoms with Gasteiger partial charge in [-0.05, 0) is 45.1 Å². The van der Waals surface area contributed by atoms with E-state index in [4.69, 9.17) is 0 Å². The van der Waals surface area contributed by atoms with E-state index in [1.807, 2.05) is 0 Å². The van der Waals surface area contributed by atoms with Crippen molar-refractivity contribution in [3.63, 3.8) is 0 Å². The summed E-state index contributed by atoms with van der Waals surface area (Å²) in [5, 5.41) is 13.7. The maximum atomic E-state index is 9.99. The van der Waals surface area contributed by atoms with E-state index in [2.05, 4.69) is 31.0 Å². The molecule has 0 heterocycles. The van der Waals surface area contributed by atoms with E-state index in [1.54, 1.807) is 0 Å². The second-order valence-corrected chi connectivity index (χ2v) is 7.61. The Morgan fingerprint density at radius 1 is 1.10 bits per heavy atom. The molecule has 0 amide bonds. The molecule has 0 aromatic heterocycles. The molecule has 3 heteroatoms. The van der Waals surface area contributed by atoms with Crippen molar-refractivity contribution >= 4 is 0 Å². The minimum Gasteiger partial charge on any atom is -0.394 e. The molecule has 0 saturated heterocycles.